The zero-order valence-electron chi connectivity index (χ0n) is 15.6. The molecule has 1 amide bonds. The number of esters is 1. The number of fused-ring (bicyclic) bond motifs is 1. The molecule has 3 aromatic rings. The van der Waals surface area contributed by atoms with Gasteiger partial charge in [-0.2, -0.15) is 0 Å². The second-order valence-electron chi connectivity index (χ2n) is 6.71. The van der Waals surface area contributed by atoms with Gasteiger partial charge in [0.05, 0.1) is 17.7 Å². The standard InChI is InChI=1S/C21H21N3O3S/c1-27-21(26)19-8-7-18(28-19)20(25)23-16-5-6-17(24-11-3-2-4-12-24)14-9-10-22-13-15(14)16/h5-10,13H,2-4,11-12H2,1H3,(H,23,25). The van der Waals surface area contributed by atoms with Crippen molar-refractivity contribution in [2.45, 2.75) is 19.3 Å². The molecule has 28 heavy (non-hydrogen) atoms. The third-order valence-corrected chi connectivity index (χ3v) is 6.02. The number of nitrogens with zero attached hydrogens (tertiary/aromatic N) is 2. The first-order valence-corrected chi connectivity index (χ1v) is 10.1. The van der Waals surface area contributed by atoms with Gasteiger partial charge in [-0.3, -0.25) is 9.78 Å². The van der Waals surface area contributed by atoms with Crippen LogP contribution >= 0.6 is 11.3 Å². The molecule has 0 unspecified atom stereocenters. The third-order valence-electron chi connectivity index (χ3n) is 4.96. The van der Waals surface area contributed by atoms with Gasteiger partial charge in [-0.1, -0.05) is 0 Å². The van der Waals surface area contributed by atoms with E-state index in [-0.39, 0.29) is 5.91 Å². The molecule has 1 fully saturated rings. The van der Waals surface area contributed by atoms with Crippen LogP contribution in [0.15, 0.2) is 42.7 Å². The molecule has 1 aliphatic rings. The SMILES string of the molecule is COC(=O)c1ccc(C(=O)Nc2ccc(N3CCCCC3)c3ccncc23)s1. The number of benzene rings is 1. The lowest BCUT2D eigenvalue weighted by Crippen LogP contribution is -2.29. The molecule has 0 radical (unpaired) electrons. The molecule has 2 aromatic heterocycles. The Balaban J connectivity index is 1.63. The van der Waals surface area contributed by atoms with E-state index >= 15 is 0 Å². The van der Waals surface area contributed by atoms with E-state index in [4.69, 9.17) is 4.74 Å². The molecule has 0 atom stereocenters. The molecule has 7 heteroatoms. The highest BCUT2D eigenvalue weighted by molar-refractivity contribution is 7.16. The van der Waals surface area contributed by atoms with Crippen molar-refractivity contribution in [3.05, 3.63) is 52.5 Å². The van der Waals surface area contributed by atoms with Crippen LogP contribution in [0.25, 0.3) is 10.8 Å². The largest absolute Gasteiger partial charge is 0.465 e. The molecular weight excluding hydrogens is 374 g/mol. The van der Waals surface area contributed by atoms with Gasteiger partial charge in [0.25, 0.3) is 5.91 Å². The number of pyridine rings is 1. The Morgan fingerprint density at radius 2 is 1.82 bits per heavy atom. The smallest absolute Gasteiger partial charge is 0.348 e. The van der Waals surface area contributed by atoms with Gasteiger partial charge in [0.15, 0.2) is 0 Å². The molecule has 3 heterocycles. The third kappa shape index (κ3) is 3.57. The van der Waals surface area contributed by atoms with Gasteiger partial charge >= 0.3 is 5.97 Å². The maximum absolute atomic E-state index is 12.7. The highest BCUT2D eigenvalue weighted by Gasteiger charge is 2.18. The van der Waals surface area contributed by atoms with Crippen LogP contribution in [0.1, 0.15) is 38.6 Å². The number of aromatic nitrogens is 1. The van der Waals surface area contributed by atoms with Crippen molar-refractivity contribution < 1.29 is 14.3 Å². The summed E-state index contributed by atoms with van der Waals surface area (Å²) in [5.74, 6) is -0.694. The summed E-state index contributed by atoms with van der Waals surface area (Å²) in [5.41, 5.74) is 1.89. The number of nitrogens with one attached hydrogen (secondary N) is 1. The van der Waals surface area contributed by atoms with Crippen LogP contribution < -0.4 is 10.2 Å². The lowest BCUT2D eigenvalue weighted by Gasteiger charge is -2.30. The topological polar surface area (TPSA) is 71.5 Å². The van der Waals surface area contributed by atoms with E-state index in [2.05, 4.69) is 21.3 Å². The number of methoxy groups -OCH3 is 1. The summed E-state index contributed by atoms with van der Waals surface area (Å²) in [5, 5.41) is 4.95. The number of amides is 1. The minimum atomic E-state index is -0.440. The number of anilines is 2. The fraction of sp³-hybridized carbons (Fsp3) is 0.286. The Kier molecular flexibility index (Phi) is 5.25. The minimum Gasteiger partial charge on any atom is -0.465 e. The van der Waals surface area contributed by atoms with Crippen molar-refractivity contribution in [2.75, 3.05) is 30.4 Å². The van der Waals surface area contributed by atoms with E-state index in [1.807, 2.05) is 12.1 Å². The first-order chi connectivity index (χ1) is 13.7. The van der Waals surface area contributed by atoms with E-state index < -0.39 is 5.97 Å². The van der Waals surface area contributed by atoms with Crippen molar-refractivity contribution in [3.63, 3.8) is 0 Å². The average Bonchev–Trinajstić information content (AvgIpc) is 3.24. The van der Waals surface area contributed by atoms with Crippen LogP contribution in [0.4, 0.5) is 11.4 Å². The average molecular weight is 395 g/mol. The van der Waals surface area contributed by atoms with Gasteiger partial charge in [-0.05, 0) is 49.6 Å². The Bertz CT molecular complexity index is 1020. The zero-order valence-corrected chi connectivity index (χ0v) is 16.4. The second-order valence-corrected chi connectivity index (χ2v) is 7.79. The molecule has 1 aliphatic heterocycles. The lowest BCUT2D eigenvalue weighted by atomic mass is 10.1. The van der Waals surface area contributed by atoms with Crippen molar-refractivity contribution in [3.8, 4) is 0 Å². The molecule has 1 aromatic carbocycles. The van der Waals surface area contributed by atoms with Crippen LogP contribution in [-0.4, -0.2) is 37.1 Å². The predicted octanol–water partition coefficient (Wildman–Crippen LogP) is 4.33. The predicted molar refractivity (Wildman–Crippen MR) is 111 cm³/mol. The van der Waals surface area contributed by atoms with Crippen LogP contribution in [0, 0.1) is 0 Å². The maximum Gasteiger partial charge on any atom is 0.348 e. The number of ether oxygens (including phenoxy) is 1. The Morgan fingerprint density at radius 1 is 1.04 bits per heavy atom. The summed E-state index contributed by atoms with van der Waals surface area (Å²) in [7, 11) is 1.32. The molecule has 0 bridgehead atoms. The van der Waals surface area contributed by atoms with E-state index in [1.54, 1.807) is 24.5 Å². The number of thiophene rings is 1. The van der Waals surface area contributed by atoms with Crippen molar-refractivity contribution in [1.29, 1.82) is 0 Å². The van der Waals surface area contributed by atoms with Crippen LogP contribution in [0.5, 0.6) is 0 Å². The Morgan fingerprint density at radius 3 is 2.61 bits per heavy atom. The monoisotopic (exact) mass is 395 g/mol. The molecule has 1 N–H and O–H groups in total. The molecule has 0 aliphatic carbocycles. The second kappa shape index (κ2) is 7.98. The fourth-order valence-electron chi connectivity index (χ4n) is 3.55. The van der Waals surface area contributed by atoms with Gasteiger partial charge in [-0.15, -0.1) is 11.3 Å². The normalized spacial score (nSPS) is 14.1. The van der Waals surface area contributed by atoms with E-state index in [1.165, 1.54) is 32.1 Å². The fourth-order valence-corrected chi connectivity index (χ4v) is 4.37. The molecule has 1 saturated heterocycles. The summed E-state index contributed by atoms with van der Waals surface area (Å²) in [6.07, 6.45) is 7.24. The number of hydrogen-bond acceptors (Lipinski definition) is 6. The molecule has 6 nitrogen and oxygen atoms in total. The van der Waals surface area contributed by atoms with E-state index in [9.17, 15) is 9.59 Å². The van der Waals surface area contributed by atoms with E-state index in [0.29, 0.717) is 15.4 Å². The van der Waals surface area contributed by atoms with Crippen molar-refractivity contribution in [2.24, 2.45) is 0 Å². The Hall–Kier alpha value is -2.93. The van der Waals surface area contributed by atoms with Crippen molar-refractivity contribution in [1.82, 2.24) is 4.98 Å². The van der Waals surface area contributed by atoms with Gasteiger partial charge in [0.2, 0.25) is 0 Å². The van der Waals surface area contributed by atoms with Gasteiger partial charge in [-0.25, -0.2) is 4.79 Å². The van der Waals surface area contributed by atoms with Gasteiger partial charge < -0.3 is 15.0 Å². The summed E-state index contributed by atoms with van der Waals surface area (Å²) < 4.78 is 4.70. The summed E-state index contributed by atoms with van der Waals surface area (Å²) >= 11 is 1.11. The molecular formula is C21H21N3O3S. The highest BCUT2D eigenvalue weighted by atomic mass is 32.1. The first-order valence-electron chi connectivity index (χ1n) is 9.28. The lowest BCUT2D eigenvalue weighted by molar-refractivity contribution is 0.0606. The molecule has 0 spiro atoms. The Labute approximate surface area is 167 Å². The molecule has 144 valence electrons. The van der Waals surface area contributed by atoms with Gasteiger partial charge in [0.1, 0.15) is 4.88 Å². The minimum absolute atomic E-state index is 0.254. The molecule has 4 rings (SSSR count). The summed E-state index contributed by atoms with van der Waals surface area (Å²) in [6.45, 7) is 2.10. The number of carbonyl (C=O) groups excluding carboxylic acids is 2. The quantitative estimate of drug-likeness (QED) is 0.666. The van der Waals surface area contributed by atoms with Crippen molar-refractivity contribution >= 4 is 45.4 Å². The summed E-state index contributed by atoms with van der Waals surface area (Å²) in [6, 6.07) is 9.23. The number of carbonyl (C=O) groups is 2. The highest BCUT2D eigenvalue weighted by Crippen LogP contribution is 2.33. The van der Waals surface area contributed by atoms with E-state index in [0.717, 1.165) is 35.2 Å². The molecule has 0 saturated carbocycles. The number of piperidine rings is 1. The maximum atomic E-state index is 12.7. The summed E-state index contributed by atoms with van der Waals surface area (Å²) in [4.78, 5) is 31.8. The first kappa shape index (κ1) is 18.4. The van der Waals surface area contributed by atoms with Crippen LogP contribution in [-0.2, 0) is 4.74 Å². The van der Waals surface area contributed by atoms with Crippen LogP contribution in [0.3, 0.4) is 0 Å². The van der Waals surface area contributed by atoms with Crippen LogP contribution in [0.2, 0.25) is 0 Å². The number of hydrogen-bond donors (Lipinski definition) is 1. The zero-order chi connectivity index (χ0) is 19.5. The number of rotatable bonds is 4. The van der Waals surface area contributed by atoms with Gasteiger partial charge in [0, 0.05) is 41.9 Å².